The molecule has 132 valence electrons. The van der Waals surface area contributed by atoms with Crippen molar-refractivity contribution in [3.8, 4) is 5.75 Å². The summed E-state index contributed by atoms with van der Waals surface area (Å²) < 4.78 is 5.13. The number of benzene rings is 2. The Hall–Kier alpha value is -3.09. The van der Waals surface area contributed by atoms with Crippen molar-refractivity contribution in [2.24, 2.45) is 0 Å². The summed E-state index contributed by atoms with van der Waals surface area (Å²) in [6.07, 6.45) is 0. The lowest BCUT2D eigenvalue weighted by atomic mass is 10.1. The maximum Gasteiger partial charge on any atom is 0.273 e. The highest BCUT2D eigenvalue weighted by Gasteiger charge is 2.15. The molecule has 2 aromatic carbocycles. The van der Waals surface area contributed by atoms with Gasteiger partial charge in [-0.2, -0.15) is 0 Å². The van der Waals surface area contributed by atoms with Crippen molar-refractivity contribution in [1.82, 2.24) is 0 Å². The Morgan fingerprint density at radius 2 is 1.96 bits per heavy atom. The third kappa shape index (κ3) is 4.47. The maximum atomic E-state index is 12.3. The predicted octanol–water partition coefficient (Wildman–Crippen LogP) is 3.30. The van der Waals surface area contributed by atoms with E-state index in [0.717, 1.165) is 16.8 Å². The molecule has 1 N–H and O–H groups in total. The van der Waals surface area contributed by atoms with Crippen LogP contribution < -0.4 is 15.0 Å². The molecule has 0 aliphatic carbocycles. The van der Waals surface area contributed by atoms with Gasteiger partial charge in [-0.05, 0) is 37.1 Å². The van der Waals surface area contributed by atoms with Crippen molar-refractivity contribution < 1.29 is 14.5 Å². The summed E-state index contributed by atoms with van der Waals surface area (Å²) >= 11 is 0. The molecule has 0 heterocycles. The summed E-state index contributed by atoms with van der Waals surface area (Å²) in [7, 11) is 3.24. The van der Waals surface area contributed by atoms with Gasteiger partial charge in [0.05, 0.1) is 30.3 Å². The van der Waals surface area contributed by atoms with Gasteiger partial charge >= 0.3 is 0 Å². The summed E-state index contributed by atoms with van der Waals surface area (Å²) in [6.45, 7) is 4.13. The molecular formula is C18H21N3O4. The van der Waals surface area contributed by atoms with Gasteiger partial charge in [0.1, 0.15) is 5.75 Å². The largest absolute Gasteiger partial charge is 0.494 e. The Labute approximate surface area is 146 Å². The van der Waals surface area contributed by atoms with Crippen LogP contribution in [0.4, 0.5) is 17.1 Å². The van der Waals surface area contributed by atoms with Crippen molar-refractivity contribution in [3.63, 3.8) is 0 Å². The van der Waals surface area contributed by atoms with Crippen LogP contribution in [0.1, 0.15) is 11.1 Å². The molecule has 0 fully saturated rings. The summed E-state index contributed by atoms with van der Waals surface area (Å²) in [5, 5.41) is 13.6. The number of likely N-dealkylation sites (N-methyl/N-ethyl adjacent to an activating group) is 1. The number of hydrogen-bond donors (Lipinski definition) is 1. The van der Waals surface area contributed by atoms with E-state index in [-0.39, 0.29) is 23.9 Å². The minimum Gasteiger partial charge on any atom is -0.494 e. The predicted molar refractivity (Wildman–Crippen MR) is 97.5 cm³/mol. The van der Waals surface area contributed by atoms with E-state index in [0.29, 0.717) is 5.69 Å². The molecule has 25 heavy (non-hydrogen) atoms. The Bertz CT molecular complexity index is 805. The zero-order valence-electron chi connectivity index (χ0n) is 14.7. The summed E-state index contributed by atoms with van der Waals surface area (Å²) in [4.78, 5) is 24.5. The van der Waals surface area contributed by atoms with Gasteiger partial charge in [0.25, 0.3) is 5.69 Å². The number of anilines is 2. The van der Waals surface area contributed by atoms with E-state index in [1.54, 1.807) is 0 Å². The average molecular weight is 343 g/mol. The minimum absolute atomic E-state index is 0.0950. The molecule has 0 aliphatic rings. The van der Waals surface area contributed by atoms with Crippen LogP contribution in [0.15, 0.2) is 36.4 Å². The van der Waals surface area contributed by atoms with Gasteiger partial charge < -0.3 is 15.0 Å². The molecule has 0 bridgehead atoms. The van der Waals surface area contributed by atoms with E-state index in [2.05, 4.69) is 5.32 Å². The van der Waals surface area contributed by atoms with Crippen LogP contribution in [-0.4, -0.2) is 31.5 Å². The SMILES string of the molecule is COc1cc([N+](=O)[O-])ccc1NC(=O)CN(C)c1cc(C)ccc1C. The second-order valence-corrected chi connectivity index (χ2v) is 5.84. The maximum absolute atomic E-state index is 12.3. The fourth-order valence-electron chi connectivity index (χ4n) is 2.52. The van der Waals surface area contributed by atoms with Crippen molar-refractivity contribution in [2.45, 2.75) is 13.8 Å². The number of nitrogens with one attached hydrogen (secondary N) is 1. The molecular weight excluding hydrogens is 322 g/mol. The summed E-state index contributed by atoms with van der Waals surface area (Å²) in [5.74, 6) is 0.00694. The molecule has 7 heteroatoms. The van der Waals surface area contributed by atoms with E-state index < -0.39 is 4.92 Å². The fraction of sp³-hybridized carbons (Fsp3) is 0.278. The first-order valence-electron chi connectivity index (χ1n) is 7.72. The average Bonchev–Trinajstić information content (AvgIpc) is 2.56. The molecule has 0 saturated heterocycles. The minimum atomic E-state index is -0.511. The van der Waals surface area contributed by atoms with Gasteiger partial charge in [-0.25, -0.2) is 0 Å². The zero-order valence-corrected chi connectivity index (χ0v) is 14.7. The number of rotatable bonds is 6. The highest BCUT2D eigenvalue weighted by atomic mass is 16.6. The van der Waals surface area contributed by atoms with Gasteiger partial charge in [0, 0.05) is 18.8 Å². The van der Waals surface area contributed by atoms with E-state index in [1.807, 2.05) is 44.0 Å². The standard InChI is InChI=1S/C18H21N3O4/c1-12-5-6-13(2)16(9-12)20(3)11-18(22)19-15-8-7-14(21(23)24)10-17(15)25-4/h5-10H,11H2,1-4H3,(H,19,22). The second kappa shape index (κ2) is 7.65. The van der Waals surface area contributed by atoms with E-state index in [9.17, 15) is 14.9 Å². The molecule has 1 amide bonds. The first-order chi connectivity index (χ1) is 11.8. The van der Waals surface area contributed by atoms with Crippen LogP contribution in [0.5, 0.6) is 5.75 Å². The first kappa shape index (κ1) is 18.3. The number of nitro benzene ring substituents is 1. The van der Waals surface area contributed by atoms with Gasteiger partial charge in [-0.3, -0.25) is 14.9 Å². The van der Waals surface area contributed by atoms with Crippen molar-refractivity contribution in [1.29, 1.82) is 0 Å². The molecule has 2 aromatic rings. The van der Waals surface area contributed by atoms with Crippen LogP contribution in [0.2, 0.25) is 0 Å². The third-order valence-electron chi connectivity index (χ3n) is 3.83. The summed E-state index contributed by atoms with van der Waals surface area (Å²) in [5.41, 5.74) is 3.47. The Kier molecular flexibility index (Phi) is 5.59. The van der Waals surface area contributed by atoms with Crippen LogP contribution in [0, 0.1) is 24.0 Å². The third-order valence-corrected chi connectivity index (χ3v) is 3.83. The molecule has 0 aliphatic heterocycles. The number of aryl methyl sites for hydroxylation is 2. The number of ether oxygens (including phenoxy) is 1. The highest BCUT2D eigenvalue weighted by Crippen LogP contribution is 2.29. The number of amides is 1. The van der Waals surface area contributed by atoms with E-state index >= 15 is 0 Å². The van der Waals surface area contributed by atoms with Crippen LogP contribution >= 0.6 is 0 Å². The van der Waals surface area contributed by atoms with E-state index in [1.165, 1.54) is 25.3 Å². The molecule has 0 aromatic heterocycles. The number of methoxy groups -OCH3 is 1. The Balaban J connectivity index is 2.12. The number of nitro groups is 1. The quantitative estimate of drug-likeness (QED) is 0.642. The number of hydrogen-bond acceptors (Lipinski definition) is 5. The lowest BCUT2D eigenvalue weighted by molar-refractivity contribution is -0.384. The van der Waals surface area contributed by atoms with Gasteiger partial charge in [-0.15, -0.1) is 0 Å². The lowest BCUT2D eigenvalue weighted by Gasteiger charge is -2.21. The van der Waals surface area contributed by atoms with Crippen molar-refractivity contribution in [3.05, 3.63) is 57.6 Å². The highest BCUT2D eigenvalue weighted by molar-refractivity contribution is 5.95. The molecule has 0 unspecified atom stereocenters. The molecule has 0 radical (unpaired) electrons. The van der Waals surface area contributed by atoms with Crippen LogP contribution in [0.3, 0.4) is 0 Å². The molecule has 0 spiro atoms. The smallest absolute Gasteiger partial charge is 0.273 e. The van der Waals surface area contributed by atoms with Crippen molar-refractivity contribution >= 4 is 23.0 Å². The van der Waals surface area contributed by atoms with Gasteiger partial charge in [0.2, 0.25) is 5.91 Å². The zero-order chi connectivity index (χ0) is 18.6. The Morgan fingerprint density at radius 1 is 1.24 bits per heavy atom. The number of nitrogens with zero attached hydrogens (tertiary/aromatic N) is 2. The van der Waals surface area contributed by atoms with E-state index in [4.69, 9.17) is 4.74 Å². The van der Waals surface area contributed by atoms with Crippen LogP contribution in [-0.2, 0) is 4.79 Å². The molecule has 0 saturated carbocycles. The number of non-ortho nitro benzene ring substituents is 1. The normalized spacial score (nSPS) is 10.2. The monoisotopic (exact) mass is 343 g/mol. The fourth-order valence-corrected chi connectivity index (χ4v) is 2.52. The van der Waals surface area contributed by atoms with Gasteiger partial charge in [-0.1, -0.05) is 12.1 Å². The number of carbonyl (C=O) groups excluding carboxylic acids is 1. The molecule has 7 nitrogen and oxygen atoms in total. The lowest BCUT2D eigenvalue weighted by Crippen LogP contribution is -2.30. The van der Waals surface area contributed by atoms with Crippen molar-refractivity contribution in [2.75, 3.05) is 30.9 Å². The van der Waals surface area contributed by atoms with Crippen LogP contribution in [0.25, 0.3) is 0 Å². The Morgan fingerprint density at radius 3 is 2.60 bits per heavy atom. The second-order valence-electron chi connectivity index (χ2n) is 5.84. The van der Waals surface area contributed by atoms with Gasteiger partial charge in [0.15, 0.2) is 0 Å². The number of carbonyl (C=O) groups is 1. The molecule has 0 atom stereocenters. The summed E-state index contributed by atoms with van der Waals surface area (Å²) in [6, 6.07) is 10.1. The molecule has 2 rings (SSSR count). The topological polar surface area (TPSA) is 84.7 Å². The first-order valence-corrected chi connectivity index (χ1v) is 7.72.